The average molecular weight is 371 g/mol. The number of aryl methyl sites for hydroxylation is 1. The Morgan fingerprint density at radius 2 is 2.04 bits per heavy atom. The molecular weight excluding hydrogens is 356 g/mol. The monoisotopic (exact) mass is 370 g/mol. The fourth-order valence-corrected chi connectivity index (χ4v) is 3.08. The van der Waals surface area contributed by atoms with E-state index in [-0.39, 0.29) is 5.91 Å². The molecule has 0 aliphatic heterocycles. The van der Waals surface area contributed by atoms with Gasteiger partial charge in [0, 0.05) is 23.4 Å². The highest BCUT2D eigenvalue weighted by Gasteiger charge is 2.23. The first-order valence-corrected chi connectivity index (χ1v) is 8.32. The minimum absolute atomic E-state index is 0.0000175. The van der Waals surface area contributed by atoms with E-state index < -0.39 is 0 Å². The molecule has 2 aromatic heterocycles. The van der Waals surface area contributed by atoms with E-state index in [4.69, 9.17) is 0 Å². The Labute approximate surface area is 141 Å². The van der Waals surface area contributed by atoms with Crippen molar-refractivity contribution in [2.75, 3.05) is 0 Å². The molecule has 2 heterocycles. The van der Waals surface area contributed by atoms with Gasteiger partial charge < -0.3 is 5.32 Å². The molecular formula is C17H15BrN4O. The van der Waals surface area contributed by atoms with E-state index >= 15 is 0 Å². The van der Waals surface area contributed by atoms with Crippen LogP contribution in [-0.4, -0.2) is 26.3 Å². The van der Waals surface area contributed by atoms with Crippen LogP contribution in [0.3, 0.4) is 0 Å². The standard InChI is InChI=1S/C17H15BrN4O/c1-10-16-19-8-14(22(16)9-15(18)20-10)11-2-4-12(5-3-11)17(23)21-13-6-7-13/h2-5,8-9,13H,6-7H2,1H3,(H,21,23). The normalized spacial score (nSPS) is 14.2. The third-order valence-electron chi connectivity index (χ3n) is 3.99. The van der Waals surface area contributed by atoms with Crippen LogP contribution in [0.5, 0.6) is 0 Å². The molecule has 0 bridgehead atoms. The number of carbonyl (C=O) groups excluding carboxylic acids is 1. The second-order valence-corrected chi connectivity index (χ2v) is 6.62. The molecule has 1 aliphatic carbocycles. The first-order valence-electron chi connectivity index (χ1n) is 7.53. The fourth-order valence-electron chi connectivity index (χ4n) is 2.61. The number of hydrogen-bond donors (Lipinski definition) is 1. The predicted octanol–water partition coefficient (Wildman–Crippen LogP) is 3.36. The summed E-state index contributed by atoms with van der Waals surface area (Å²) in [4.78, 5) is 20.9. The summed E-state index contributed by atoms with van der Waals surface area (Å²) < 4.78 is 2.77. The maximum Gasteiger partial charge on any atom is 0.251 e. The molecule has 4 rings (SSSR count). The Balaban J connectivity index is 1.69. The van der Waals surface area contributed by atoms with Gasteiger partial charge in [0.05, 0.1) is 17.6 Å². The van der Waals surface area contributed by atoms with Crippen LogP contribution in [0.25, 0.3) is 16.9 Å². The van der Waals surface area contributed by atoms with E-state index in [0.29, 0.717) is 11.6 Å². The summed E-state index contributed by atoms with van der Waals surface area (Å²) in [6, 6.07) is 7.99. The van der Waals surface area contributed by atoms with Crippen molar-refractivity contribution in [3.8, 4) is 11.3 Å². The number of amides is 1. The highest BCUT2D eigenvalue weighted by Crippen LogP contribution is 2.24. The van der Waals surface area contributed by atoms with Crippen LogP contribution < -0.4 is 5.32 Å². The zero-order chi connectivity index (χ0) is 16.0. The van der Waals surface area contributed by atoms with Gasteiger partial charge in [-0.15, -0.1) is 0 Å². The highest BCUT2D eigenvalue weighted by atomic mass is 79.9. The van der Waals surface area contributed by atoms with Gasteiger partial charge in [0.1, 0.15) is 4.60 Å². The van der Waals surface area contributed by atoms with Crippen LogP contribution in [0.1, 0.15) is 28.9 Å². The molecule has 116 valence electrons. The van der Waals surface area contributed by atoms with E-state index in [9.17, 15) is 4.79 Å². The van der Waals surface area contributed by atoms with E-state index in [2.05, 4.69) is 31.2 Å². The van der Waals surface area contributed by atoms with Crippen LogP contribution in [0.15, 0.2) is 41.3 Å². The molecule has 5 nitrogen and oxygen atoms in total. The number of halogens is 1. The molecule has 1 N–H and O–H groups in total. The lowest BCUT2D eigenvalue weighted by molar-refractivity contribution is 0.0951. The number of benzene rings is 1. The first kappa shape index (κ1) is 14.4. The highest BCUT2D eigenvalue weighted by molar-refractivity contribution is 9.10. The number of fused-ring (bicyclic) bond motifs is 1. The maximum absolute atomic E-state index is 12.1. The van der Waals surface area contributed by atoms with E-state index in [1.54, 1.807) is 0 Å². The maximum atomic E-state index is 12.1. The summed E-state index contributed by atoms with van der Waals surface area (Å²) >= 11 is 3.42. The minimum atomic E-state index is -0.0000175. The van der Waals surface area contributed by atoms with Gasteiger partial charge in [-0.05, 0) is 47.8 Å². The van der Waals surface area contributed by atoms with E-state index in [0.717, 1.165) is 40.0 Å². The molecule has 6 heteroatoms. The second kappa shape index (κ2) is 5.45. The third-order valence-corrected chi connectivity index (χ3v) is 4.37. The molecule has 1 fully saturated rings. The van der Waals surface area contributed by atoms with E-state index in [1.165, 1.54) is 0 Å². The Morgan fingerprint density at radius 3 is 2.74 bits per heavy atom. The zero-order valence-electron chi connectivity index (χ0n) is 12.6. The second-order valence-electron chi connectivity index (χ2n) is 5.81. The first-order chi connectivity index (χ1) is 11.1. The molecule has 1 saturated carbocycles. The molecule has 0 atom stereocenters. The summed E-state index contributed by atoms with van der Waals surface area (Å²) in [5.41, 5.74) is 4.37. The predicted molar refractivity (Wildman–Crippen MR) is 91.3 cm³/mol. The lowest BCUT2D eigenvalue weighted by Gasteiger charge is -2.06. The summed E-state index contributed by atoms with van der Waals surface area (Å²) in [5, 5.41) is 3.00. The molecule has 23 heavy (non-hydrogen) atoms. The summed E-state index contributed by atoms with van der Waals surface area (Å²) in [7, 11) is 0. The topological polar surface area (TPSA) is 59.3 Å². The van der Waals surface area contributed by atoms with Crippen LogP contribution in [-0.2, 0) is 0 Å². The summed E-state index contributed by atoms with van der Waals surface area (Å²) in [6.45, 7) is 1.93. The number of imidazole rings is 1. The van der Waals surface area contributed by atoms with Gasteiger partial charge in [0.2, 0.25) is 0 Å². The number of nitrogens with one attached hydrogen (secondary N) is 1. The van der Waals surface area contributed by atoms with Crippen molar-refractivity contribution in [1.82, 2.24) is 19.7 Å². The van der Waals surface area contributed by atoms with Crippen molar-refractivity contribution < 1.29 is 4.79 Å². The number of rotatable bonds is 3. The van der Waals surface area contributed by atoms with Crippen molar-refractivity contribution in [2.45, 2.75) is 25.8 Å². The third kappa shape index (κ3) is 2.74. The van der Waals surface area contributed by atoms with Gasteiger partial charge in [-0.2, -0.15) is 0 Å². The quantitative estimate of drug-likeness (QED) is 0.768. The SMILES string of the molecule is Cc1nc(Br)cn2c(-c3ccc(C(=O)NC4CC4)cc3)cnc12. The minimum Gasteiger partial charge on any atom is -0.349 e. The summed E-state index contributed by atoms with van der Waals surface area (Å²) in [5.74, 6) is -0.0000175. The lowest BCUT2D eigenvalue weighted by Crippen LogP contribution is -2.25. The smallest absolute Gasteiger partial charge is 0.251 e. The molecule has 0 spiro atoms. The van der Waals surface area contributed by atoms with Crippen molar-refractivity contribution in [2.24, 2.45) is 0 Å². The van der Waals surface area contributed by atoms with Gasteiger partial charge in [0.25, 0.3) is 5.91 Å². The van der Waals surface area contributed by atoms with Gasteiger partial charge in [-0.25, -0.2) is 9.97 Å². The molecule has 0 unspecified atom stereocenters. The number of carbonyl (C=O) groups is 1. The van der Waals surface area contributed by atoms with Crippen LogP contribution >= 0.6 is 15.9 Å². The van der Waals surface area contributed by atoms with Crippen molar-refractivity contribution in [3.05, 3.63) is 52.5 Å². The number of hydrogen-bond acceptors (Lipinski definition) is 3. The van der Waals surface area contributed by atoms with Crippen molar-refractivity contribution >= 4 is 27.5 Å². The van der Waals surface area contributed by atoms with Gasteiger partial charge in [0.15, 0.2) is 5.65 Å². The molecule has 1 aromatic carbocycles. The van der Waals surface area contributed by atoms with Crippen LogP contribution in [0, 0.1) is 6.92 Å². The fraction of sp³-hybridized carbons (Fsp3) is 0.235. The van der Waals surface area contributed by atoms with Gasteiger partial charge in [-0.3, -0.25) is 9.20 Å². The zero-order valence-corrected chi connectivity index (χ0v) is 14.2. The van der Waals surface area contributed by atoms with Crippen LogP contribution in [0.4, 0.5) is 0 Å². The Kier molecular flexibility index (Phi) is 3.41. The largest absolute Gasteiger partial charge is 0.349 e. The van der Waals surface area contributed by atoms with Crippen molar-refractivity contribution in [3.63, 3.8) is 0 Å². The Bertz CT molecular complexity index is 897. The van der Waals surface area contributed by atoms with Crippen molar-refractivity contribution in [1.29, 1.82) is 0 Å². The summed E-state index contributed by atoms with van der Waals surface area (Å²) in [6.07, 6.45) is 5.91. The molecule has 1 aliphatic rings. The number of nitrogens with zero attached hydrogens (tertiary/aromatic N) is 3. The van der Waals surface area contributed by atoms with Crippen LogP contribution in [0.2, 0.25) is 0 Å². The number of aromatic nitrogens is 3. The average Bonchev–Trinajstić information content (AvgIpc) is 3.24. The lowest BCUT2D eigenvalue weighted by atomic mass is 10.1. The van der Waals surface area contributed by atoms with Gasteiger partial charge in [-0.1, -0.05) is 12.1 Å². The molecule has 3 aromatic rings. The van der Waals surface area contributed by atoms with E-state index in [1.807, 2.05) is 48.0 Å². The molecule has 0 saturated heterocycles. The molecule has 1 amide bonds. The molecule has 0 radical (unpaired) electrons. The Morgan fingerprint density at radius 1 is 1.30 bits per heavy atom. The van der Waals surface area contributed by atoms with Gasteiger partial charge >= 0.3 is 0 Å². The Hall–Kier alpha value is -2.21.